The van der Waals surface area contributed by atoms with Crippen molar-refractivity contribution in [1.82, 2.24) is 9.97 Å². The highest BCUT2D eigenvalue weighted by atomic mass is 16.7. The van der Waals surface area contributed by atoms with Gasteiger partial charge in [-0.25, -0.2) is 4.98 Å². The molecule has 0 aliphatic carbocycles. The lowest BCUT2D eigenvalue weighted by Gasteiger charge is -2.19. The van der Waals surface area contributed by atoms with E-state index in [4.69, 9.17) is 30.4 Å². The van der Waals surface area contributed by atoms with E-state index in [-0.39, 0.29) is 5.95 Å². The normalized spacial score (nSPS) is 11.8. The molecule has 0 saturated carbocycles. The van der Waals surface area contributed by atoms with Crippen LogP contribution in [0.2, 0.25) is 0 Å². The topological polar surface area (TPSA) is 115 Å². The third-order valence-electron chi connectivity index (χ3n) is 3.45. The number of rotatable bonds is 7. The van der Waals surface area contributed by atoms with Crippen LogP contribution in [0.3, 0.4) is 0 Å². The number of hydrogen-bond acceptors (Lipinski definition) is 8. The first-order valence-corrected chi connectivity index (χ1v) is 7.29. The molecule has 0 spiro atoms. The maximum atomic E-state index is 5.89. The molecule has 1 aromatic carbocycles. The minimum Gasteiger partial charge on any atom is -0.493 e. The Kier molecular flexibility index (Phi) is 5.64. The van der Waals surface area contributed by atoms with Gasteiger partial charge in [0.05, 0.1) is 14.2 Å². The van der Waals surface area contributed by atoms with Crippen LogP contribution in [0.4, 0.5) is 11.8 Å². The van der Waals surface area contributed by atoms with Gasteiger partial charge in [0.2, 0.25) is 11.7 Å². The van der Waals surface area contributed by atoms with Gasteiger partial charge < -0.3 is 30.4 Å². The molecule has 0 saturated heterocycles. The summed E-state index contributed by atoms with van der Waals surface area (Å²) in [4.78, 5) is 7.94. The molecule has 1 unspecified atom stereocenters. The van der Waals surface area contributed by atoms with Crippen LogP contribution >= 0.6 is 0 Å². The summed E-state index contributed by atoms with van der Waals surface area (Å²) in [5.41, 5.74) is 13.1. The van der Waals surface area contributed by atoms with Crippen LogP contribution in [0.15, 0.2) is 18.3 Å². The molecule has 2 aromatic rings. The van der Waals surface area contributed by atoms with Crippen LogP contribution in [0, 0.1) is 0 Å². The molecule has 0 aliphatic heterocycles. The number of nitrogens with two attached hydrogens (primary N) is 2. The SMILES string of the molecule is COc1cc(Cc2cnc(N)nc2N)cc(OC)c1OC(C)OC. The number of nitrogen functional groups attached to an aromatic ring is 2. The lowest BCUT2D eigenvalue weighted by atomic mass is 10.1. The molecular formula is C16H22N4O4. The highest BCUT2D eigenvalue weighted by molar-refractivity contribution is 5.55. The number of nitrogens with zero attached hydrogens (tertiary/aromatic N) is 2. The number of aromatic nitrogens is 2. The van der Waals surface area contributed by atoms with Crippen LogP contribution in [-0.4, -0.2) is 37.6 Å². The Morgan fingerprint density at radius 1 is 1.08 bits per heavy atom. The summed E-state index contributed by atoms with van der Waals surface area (Å²) in [6.07, 6.45) is 1.66. The standard InChI is InChI=1S/C16H22N4O4/c1-9(21-2)24-14-12(22-3)6-10(7-13(14)23-4)5-11-8-19-16(18)20-15(11)17/h6-9H,5H2,1-4H3,(H4,17,18,19,20). The van der Waals surface area contributed by atoms with Crippen molar-refractivity contribution in [2.24, 2.45) is 0 Å². The minimum atomic E-state index is -0.445. The van der Waals surface area contributed by atoms with Crippen molar-refractivity contribution in [3.8, 4) is 17.2 Å². The van der Waals surface area contributed by atoms with Gasteiger partial charge >= 0.3 is 0 Å². The van der Waals surface area contributed by atoms with Gasteiger partial charge in [-0.15, -0.1) is 0 Å². The molecule has 0 aliphatic rings. The van der Waals surface area contributed by atoms with Gasteiger partial charge in [0, 0.05) is 25.3 Å². The van der Waals surface area contributed by atoms with Crippen LogP contribution in [0.1, 0.15) is 18.1 Å². The van der Waals surface area contributed by atoms with E-state index < -0.39 is 6.29 Å². The Morgan fingerprint density at radius 2 is 1.71 bits per heavy atom. The van der Waals surface area contributed by atoms with E-state index >= 15 is 0 Å². The van der Waals surface area contributed by atoms with E-state index in [0.29, 0.717) is 29.5 Å². The van der Waals surface area contributed by atoms with Crippen molar-refractivity contribution in [3.63, 3.8) is 0 Å². The third-order valence-corrected chi connectivity index (χ3v) is 3.45. The van der Waals surface area contributed by atoms with E-state index in [9.17, 15) is 0 Å². The predicted molar refractivity (Wildman–Crippen MR) is 90.3 cm³/mol. The average Bonchev–Trinajstić information content (AvgIpc) is 2.57. The lowest BCUT2D eigenvalue weighted by molar-refractivity contribution is -0.0408. The Hall–Kier alpha value is -2.74. The van der Waals surface area contributed by atoms with Crippen molar-refractivity contribution in [1.29, 1.82) is 0 Å². The molecule has 2 rings (SSSR count). The van der Waals surface area contributed by atoms with Gasteiger partial charge in [-0.1, -0.05) is 0 Å². The zero-order valence-electron chi connectivity index (χ0n) is 14.2. The van der Waals surface area contributed by atoms with Gasteiger partial charge in [0.15, 0.2) is 17.8 Å². The van der Waals surface area contributed by atoms with Crippen LogP contribution in [0.5, 0.6) is 17.2 Å². The summed E-state index contributed by atoms with van der Waals surface area (Å²) >= 11 is 0. The van der Waals surface area contributed by atoms with Gasteiger partial charge in [-0.3, -0.25) is 0 Å². The first kappa shape index (κ1) is 17.6. The fourth-order valence-electron chi connectivity index (χ4n) is 2.16. The number of ether oxygens (including phenoxy) is 4. The molecule has 8 heteroatoms. The number of hydrogen-bond donors (Lipinski definition) is 2. The summed E-state index contributed by atoms with van der Waals surface area (Å²) < 4.78 is 21.7. The fraction of sp³-hybridized carbons (Fsp3) is 0.375. The number of benzene rings is 1. The molecular weight excluding hydrogens is 312 g/mol. The summed E-state index contributed by atoms with van der Waals surface area (Å²) in [6, 6.07) is 3.69. The monoisotopic (exact) mass is 334 g/mol. The highest BCUT2D eigenvalue weighted by Gasteiger charge is 2.17. The lowest BCUT2D eigenvalue weighted by Crippen LogP contribution is -2.15. The third kappa shape index (κ3) is 3.96. The first-order valence-electron chi connectivity index (χ1n) is 7.29. The van der Waals surface area contributed by atoms with Crippen LogP contribution in [-0.2, 0) is 11.2 Å². The molecule has 0 bridgehead atoms. The maximum Gasteiger partial charge on any atom is 0.221 e. The number of methoxy groups -OCH3 is 3. The molecule has 0 amide bonds. The molecule has 8 nitrogen and oxygen atoms in total. The Bertz CT molecular complexity index is 683. The number of anilines is 2. The molecule has 1 heterocycles. The smallest absolute Gasteiger partial charge is 0.221 e. The van der Waals surface area contributed by atoms with Gasteiger partial charge in [-0.05, 0) is 24.6 Å². The highest BCUT2D eigenvalue weighted by Crippen LogP contribution is 2.40. The molecule has 1 aromatic heterocycles. The van der Waals surface area contributed by atoms with E-state index in [2.05, 4.69) is 9.97 Å². The van der Waals surface area contributed by atoms with E-state index in [1.54, 1.807) is 34.4 Å². The quantitative estimate of drug-likeness (QED) is 0.734. The largest absolute Gasteiger partial charge is 0.493 e. The molecule has 4 N–H and O–H groups in total. The summed E-state index contributed by atoms with van der Waals surface area (Å²) in [5.74, 6) is 2.02. The molecule has 0 radical (unpaired) electrons. The van der Waals surface area contributed by atoms with Crippen molar-refractivity contribution in [2.75, 3.05) is 32.8 Å². The Labute approximate surface area is 140 Å². The second kappa shape index (κ2) is 7.69. The second-order valence-corrected chi connectivity index (χ2v) is 5.07. The van der Waals surface area contributed by atoms with Crippen molar-refractivity contribution in [2.45, 2.75) is 19.6 Å². The maximum absolute atomic E-state index is 5.89. The van der Waals surface area contributed by atoms with E-state index in [1.165, 1.54) is 0 Å². The summed E-state index contributed by atoms with van der Waals surface area (Å²) in [7, 11) is 4.68. The zero-order chi connectivity index (χ0) is 17.7. The van der Waals surface area contributed by atoms with E-state index in [1.807, 2.05) is 12.1 Å². The zero-order valence-corrected chi connectivity index (χ0v) is 14.2. The molecule has 130 valence electrons. The Morgan fingerprint density at radius 3 is 2.21 bits per heavy atom. The van der Waals surface area contributed by atoms with Gasteiger partial charge in [0.25, 0.3) is 0 Å². The van der Waals surface area contributed by atoms with E-state index in [0.717, 1.165) is 11.1 Å². The van der Waals surface area contributed by atoms with Crippen LogP contribution in [0.25, 0.3) is 0 Å². The van der Waals surface area contributed by atoms with Gasteiger partial charge in [-0.2, -0.15) is 4.98 Å². The average molecular weight is 334 g/mol. The van der Waals surface area contributed by atoms with Crippen molar-refractivity contribution < 1.29 is 18.9 Å². The minimum absolute atomic E-state index is 0.142. The fourth-order valence-corrected chi connectivity index (χ4v) is 2.16. The van der Waals surface area contributed by atoms with Crippen molar-refractivity contribution >= 4 is 11.8 Å². The predicted octanol–water partition coefficient (Wildman–Crippen LogP) is 1.62. The van der Waals surface area contributed by atoms with Crippen LogP contribution < -0.4 is 25.7 Å². The second-order valence-electron chi connectivity index (χ2n) is 5.07. The molecule has 1 atom stereocenters. The molecule has 0 fully saturated rings. The van der Waals surface area contributed by atoms with Gasteiger partial charge in [0.1, 0.15) is 5.82 Å². The van der Waals surface area contributed by atoms with Crippen molar-refractivity contribution in [3.05, 3.63) is 29.5 Å². The molecule has 24 heavy (non-hydrogen) atoms. The first-order chi connectivity index (χ1) is 11.5. The summed E-state index contributed by atoms with van der Waals surface area (Å²) in [6.45, 7) is 1.78. The summed E-state index contributed by atoms with van der Waals surface area (Å²) in [5, 5.41) is 0. The Balaban J connectivity index is 2.37.